The van der Waals surface area contributed by atoms with E-state index in [0.717, 1.165) is 16.8 Å². The van der Waals surface area contributed by atoms with Crippen LogP contribution in [0.1, 0.15) is 11.1 Å². The summed E-state index contributed by atoms with van der Waals surface area (Å²) < 4.78 is 1.56. The van der Waals surface area contributed by atoms with E-state index in [4.69, 9.17) is 11.6 Å². The monoisotopic (exact) mass is 284 g/mol. The molecule has 0 amide bonds. The molecule has 1 heterocycles. The van der Waals surface area contributed by atoms with Crippen LogP contribution in [0.2, 0.25) is 5.02 Å². The summed E-state index contributed by atoms with van der Waals surface area (Å²) in [4.78, 5) is 16.9. The fourth-order valence-electron chi connectivity index (χ4n) is 2.34. The molecular formula is C16H13ClN2O. The van der Waals surface area contributed by atoms with Crippen LogP contribution >= 0.6 is 11.6 Å². The number of aryl methyl sites for hydroxylation is 2. The second-order valence-corrected chi connectivity index (χ2v) is 5.31. The van der Waals surface area contributed by atoms with E-state index < -0.39 is 0 Å². The van der Waals surface area contributed by atoms with Crippen molar-refractivity contribution in [1.82, 2.24) is 9.55 Å². The number of benzene rings is 2. The van der Waals surface area contributed by atoms with Crippen molar-refractivity contribution in [1.29, 1.82) is 0 Å². The standard InChI is InChI=1S/C16H13ClN2O/c1-10-3-6-15(11(2)7-10)19-9-18-14-5-4-12(17)8-13(14)16(19)20/h3-9H,1-2H3. The second-order valence-electron chi connectivity index (χ2n) is 4.87. The zero-order chi connectivity index (χ0) is 14.3. The Morgan fingerprint density at radius 1 is 1.10 bits per heavy atom. The lowest BCUT2D eigenvalue weighted by Gasteiger charge is -2.10. The maximum absolute atomic E-state index is 12.6. The van der Waals surface area contributed by atoms with E-state index in [1.54, 1.807) is 29.1 Å². The van der Waals surface area contributed by atoms with Gasteiger partial charge in [0, 0.05) is 5.02 Å². The Kier molecular flexibility index (Phi) is 3.07. The smallest absolute Gasteiger partial charge is 0.265 e. The maximum Gasteiger partial charge on any atom is 0.265 e. The number of rotatable bonds is 1. The van der Waals surface area contributed by atoms with Crippen LogP contribution in [0.25, 0.3) is 16.6 Å². The molecule has 0 bridgehead atoms. The molecule has 4 heteroatoms. The first-order valence-corrected chi connectivity index (χ1v) is 6.68. The lowest BCUT2D eigenvalue weighted by Crippen LogP contribution is -2.19. The quantitative estimate of drug-likeness (QED) is 0.683. The molecule has 3 aromatic rings. The largest absolute Gasteiger partial charge is 0.268 e. The van der Waals surface area contributed by atoms with Gasteiger partial charge in [-0.2, -0.15) is 0 Å². The molecule has 3 rings (SSSR count). The van der Waals surface area contributed by atoms with Crippen LogP contribution in [0.3, 0.4) is 0 Å². The van der Waals surface area contributed by atoms with Crippen molar-refractivity contribution >= 4 is 22.5 Å². The van der Waals surface area contributed by atoms with Crippen LogP contribution < -0.4 is 5.56 Å². The molecule has 0 atom stereocenters. The summed E-state index contributed by atoms with van der Waals surface area (Å²) in [6.45, 7) is 4.01. The van der Waals surface area contributed by atoms with Crippen molar-refractivity contribution in [2.75, 3.05) is 0 Å². The summed E-state index contributed by atoms with van der Waals surface area (Å²) in [5, 5.41) is 1.06. The minimum atomic E-state index is -0.107. The molecule has 0 fully saturated rings. The van der Waals surface area contributed by atoms with Gasteiger partial charge in [-0.05, 0) is 43.7 Å². The van der Waals surface area contributed by atoms with Gasteiger partial charge in [-0.1, -0.05) is 29.3 Å². The van der Waals surface area contributed by atoms with E-state index in [2.05, 4.69) is 4.98 Å². The average molecular weight is 285 g/mol. The van der Waals surface area contributed by atoms with E-state index in [-0.39, 0.29) is 5.56 Å². The third kappa shape index (κ3) is 2.10. The first-order valence-electron chi connectivity index (χ1n) is 6.31. The molecule has 0 radical (unpaired) electrons. The van der Waals surface area contributed by atoms with E-state index in [0.29, 0.717) is 15.9 Å². The fraction of sp³-hybridized carbons (Fsp3) is 0.125. The number of nitrogens with zero attached hydrogens (tertiary/aromatic N) is 2. The van der Waals surface area contributed by atoms with Crippen LogP contribution in [-0.4, -0.2) is 9.55 Å². The molecule has 1 aromatic heterocycles. The zero-order valence-electron chi connectivity index (χ0n) is 11.2. The normalized spacial score (nSPS) is 10.9. The summed E-state index contributed by atoms with van der Waals surface area (Å²) >= 11 is 5.97. The summed E-state index contributed by atoms with van der Waals surface area (Å²) in [7, 11) is 0. The van der Waals surface area contributed by atoms with Gasteiger partial charge in [0.25, 0.3) is 5.56 Å². The second kappa shape index (κ2) is 4.76. The number of fused-ring (bicyclic) bond motifs is 1. The third-order valence-electron chi connectivity index (χ3n) is 3.33. The molecule has 0 saturated heterocycles. The summed E-state index contributed by atoms with van der Waals surface area (Å²) in [6, 6.07) is 11.1. The Labute approximate surface area is 121 Å². The van der Waals surface area contributed by atoms with Crippen LogP contribution in [0.5, 0.6) is 0 Å². The summed E-state index contributed by atoms with van der Waals surface area (Å²) in [5.41, 5.74) is 3.59. The van der Waals surface area contributed by atoms with E-state index in [1.807, 2.05) is 32.0 Å². The molecule has 20 heavy (non-hydrogen) atoms. The van der Waals surface area contributed by atoms with Crippen molar-refractivity contribution in [3.63, 3.8) is 0 Å². The number of aromatic nitrogens is 2. The Morgan fingerprint density at radius 2 is 1.90 bits per heavy atom. The topological polar surface area (TPSA) is 34.9 Å². The van der Waals surface area contributed by atoms with Gasteiger partial charge in [-0.25, -0.2) is 4.98 Å². The molecule has 2 aromatic carbocycles. The molecule has 100 valence electrons. The lowest BCUT2D eigenvalue weighted by atomic mass is 10.1. The molecule has 0 saturated carbocycles. The highest BCUT2D eigenvalue weighted by molar-refractivity contribution is 6.31. The van der Waals surface area contributed by atoms with Gasteiger partial charge in [-0.15, -0.1) is 0 Å². The van der Waals surface area contributed by atoms with Gasteiger partial charge >= 0.3 is 0 Å². The molecule has 0 spiro atoms. The average Bonchev–Trinajstić information content (AvgIpc) is 2.41. The number of hydrogen-bond acceptors (Lipinski definition) is 2. The van der Waals surface area contributed by atoms with Gasteiger partial charge in [0.2, 0.25) is 0 Å². The molecule has 0 unspecified atom stereocenters. The minimum absolute atomic E-state index is 0.107. The van der Waals surface area contributed by atoms with Crippen molar-refractivity contribution < 1.29 is 0 Å². The molecule has 3 nitrogen and oxygen atoms in total. The molecular weight excluding hydrogens is 272 g/mol. The van der Waals surface area contributed by atoms with Crippen LogP contribution in [0.4, 0.5) is 0 Å². The zero-order valence-corrected chi connectivity index (χ0v) is 12.0. The Hall–Kier alpha value is -2.13. The fourth-order valence-corrected chi connectivity index (χ4v) is 2.51. The SMILES string of the molecule is Cc1ccc(-n2cnc3ccc(Cl)cc3c2=O)c(C)c1. The van der Waals surface area contributed by atoms with Gasteiger partial charge < -0.3 is 0 Å². The highest BCUT2D eigenvalue weighted by atomic mass is 35.5. The van der Waals surface area contributed by atoms with E-state index in [9.17, 15) is 4.79 Å². The minimum Gasteiger partial charge on any atom is -0.268 e. The molecule has 0 aliphatic heterocycles. The van der Waals surface area contributed by atoms with Gasteiger partial charge in [0.1, 0.15) is 6.33 Å². The number of halogens is 1. The van der Waals surface area contributed by atoms with Crippen LogP contribution in [0, 0.1) is 13.8 Å². The van der Waals surface area contributed by atoms with Crippen LogP contribution in [0.15, 0.2) is 47.5 Å². The van der Waals surface area contributed by atoms with E-state index in [1.165, 1.54) is 0 Å². The molecule has 0 aliphatic rings. The lowest BCUT2D eigenvalue weighted by molar-refractivity contribution is 0.951. The summed E-state index contributed by atoms with van der Waals surface area (Å²) in [6.07, 6.45) is 1.57. The first kappa shape index (κ1) is 12.9. The Balaban J connectivity index is 2.32. The van der Waals surface area contributed by atoms with Gasteiger partial charge in [-0.3, -0.25) is 9.36 Å². The Morgan fingerprint density at radius 3 is 2.65 bits per heavy atom. The Bertz CT molecular complexity index is 868. The predicted octanol–water partition coefficient (Wildman–Crippen LogP) is 3.66. The third-order valence-corrected chi connectivity index (χ3v) is 3.57. The predicted molar refractivity (Wildman–Crippen MR) is 81.8 cm³/mol. The highest BCUT2D eigenvalue weighted by Gasteiger charge is 2.08. The summed E-state index contributed by atoms with van der Waals surface area (Å²) in [5.74, 6) is 0. The van der Waals surface area contributed by atoms with Crippen molar-refractivity contribution in [2.24, 2.45) is 0 Å². The van der Waals surface area contributed by atoms with Crippen molar-refractivity contribution in [3.8, 4) is 5.69 Å². The highest BCUT2D eigenvalue weighted by Crippen LogP contribution is 2.17. The first-order chi connectivity index (χ1) is 9.56. The van der Waals surface area contributed by atoms with E-state index >= 15 is 0 Å². The van der Waals surface area contributed by atoms with Crippen molar-refractivity contribution in [3.05, 3.63) is 69.2 Å². The molecule has 0 aliphatic carbocycles. The van der Waals surface area contributed by atoms with Crippen molar-refractivity contribution in [2.45, 2.75) is 13.8 Å². The maximum atomic E-state index is 12.6. The van der Waals surface area contributed by atoms with Gasteiger partial charge in [0.05, 0.1) is 16.6 Å². The van der Waals surface area contributed by atoms with Crippen LogP contribution in [-0.2, 0) is 0 Å². The molecule has 0 N–H and O–H groups in total. The number of hydrogen-bond donors (Lipinski definition) is 0. The van der Waals surface area contributed by atoms with Gasteiger partial charge in [0.15, 0.2) is 0 Å².